The highest BCUT2D eigenvalue weighted by Crippen LogP contribution is 2.29. The number of halogens is 1. The van der Waals surface area contributed by atoms with Gasteiger partial charge in [-0.3, -0.25) is 9.59 Å². The quantitative estimate of drug-likeness (QED) is 0.545. The second-order valence-electron chi connectivity index (χ2n) is 6.72. The maximum absolute atomic E-state index is 13.1. The highest BCUT2D eigenvalue weighted by molar-refractivity contribution is 5.99. The molecule has 0 aliphatic heterocycles. The van der Waals surface area contributed by atoms with Crippen molar-refractivity contribution in [2.45, 2.75) is 39.2 Å². The van der Waals surface area contributed by atoms with Crippen LogP contribution in [0, 0.1) is 11.7 Å². The number of ether oxygens (including phenoxy) is 2. The molecule has 1 N–H and O–H groups in total. The Kier molecular flexibility index (Phi) is 7.09. The fourth-order valence-corrected chi connectivity index (χ4v) is 2.70. The van der Waals surface area contributed by atoms with Crippen LogP contribution in [0.4, 0.5) is 4.39 Å². The summed E-state index contributed by atoms with van der Waals surface area (Å²) >= 11 is 0. The molecule has 0 aliphatic carbocycles. The Labute approximate surface area is 163 Å². The summed E-state index contributed by atoms with van der Waals surface area (Å²) in [6, 6.07) is 7.44. The van der Waals surface area contributed by atoms with Gasteiger partial charge in [0.05, 0.1) is 13.0 Å². The summed E-state index contributed by atoms with van der Waals surface area (Å²) in [5.74, 6) is -2.43. The first-order valence-electron chi connectivity index (χ1n) is 8.95. The average molecular weight is 389 g/mol. The summed E-state index contributed by atoms with van der Waals surface area (Å²) in [4.78, 5) is 28.6. The molecule has 3 atom stereocenters. The second-order valence-corrected chi connectivity index (χ2v) is 6.72. The zero-order valence-electron chi connectivity index (χ0n) is 16.3. The van der Waals surface area contributed by atoms with Gasteiger partial charge in [-0.15, -0.1) is 0 Å². The third-order valence-electron chi connectivity index (χ3n) is 4.67. The molecule has 1 aromatic heterocycles. The number of hydrogen-bond acceptors (Lipinski definition) is 6. The Hall–Kier alpha value is -2.96. The predicted octanol–water partition coefficient (Wildman–Crippen LogP) is 3.88. The van der Waals surface area contributed by atoms with E-state index in [0.29, 0.717) is 0 Å². The molecule has 0 amide bonds. The Bertz CT molecular complexity index is 837. The van der Waals surface area contributed by atoms with E-state index in [1.807, 2.05) is 6.92 Å². The lowest BCUT2D eigenvalue weighted by Gasteiger charge is -2.22. The Balaban J connectivity index is 1.98. The molecule has 28 heavy (non-hydrogen) atoms. The molecular weight excluding hydrogens is 365 g/mol. The van der Waals surface area contributed by atoms with Gasteiger partial charge in [0, 0.05) is 24.6 Å². The summed E-state index contributed by atoms with van der Waals surface area (Å²) in [7, 11) is 1.37. The number of carbonyl (C=O) groups excluding carboxylic acids is 2. The fourth-order valence-electron chi connectivity index (χ4n) is 2.70. The minimum absolute atomic E-state index is 0.135. The van der Waals surface area contributed by atoms with Crippen LogP contribution in [0.2, 0.25) is 0 Å². The molecule has 0 fully saturated rings. The van der Waals surface area contributed by atoms with Gasteiger partial charge in [0.25, 0.3) is 0 Å². The van der Waals surface area contributed by atoms with Gasteiger partial charge in [-0.1, -0.05) is 26.0 Å². The zero-order chi connectivity index (χ0) is 20.8. The molecule has 0 saturated carbocycles. The van der Waals surface area contributed by atoms with Crippen LogP contribution >= 0.6 is 0 Å². The van der Waals surface area contributed by atoms with Crippen LogP contribution in [-0.2, 0) is 9.53 Å². The zero-order valence-corrected chi connectivity index (χ0v) is 16.3. The van der Waals surface area contributed by atoms with Gasteiger partial charge < -0.3 is 14.6 Å². The first kappa shape index (κ1) is 21.3. The van der Waals surface area contributed by atoms with Gasteiger partial charge in [-0.25, -0.2) is 9.37 Å². The molecule has 150 valence electrons. The molecule has 6 nitrogen and oxygen atoms in total. The van der Waals surface area contributed by atoms with Crippen molar-refractivity contribution in [2.75, 3.05) is 7.11 Å². The monoisotopic (exact) mass is 389 g/mol. The minimum atomic E-state index is -0.720. The van der Waals surface area contributed by atoms with Crippen LogP contribution in [0.3, 0.4) is 0 Å². The van der Waals surface area contributed by atoms with Crippen LogP contribution in [0.5, 0.6) is 11.5 Å². The van der Waals surface area contributed by atoms with Gasteiger partial charge in [0.1, 0.15) is 11.9 Å². The van der Waals surface area contributed by atoms with E-state index in [9.17, 15) is 19.1 Å². The fraction of sp³-hybridized carbons (Fsp3) is 0.381. The highest BCUT2D eigenvalue weighted by Gasteiger charge is 2.26. The number of hydrogen-bond donors (Lipinski definition) is 1. The van der Waals surface area contributed by atoms with Crippen molar-refractivity contribution in [1.29, 1.82) is 0 Å². The molecule has 2 rings (SSSR count). The maximum Gasteiger partial charge on any atom is 0.309 e. The molecule has 7 heteroatoms. The summed E-state index contributed by atoms with van der Waals surface area (Å²) in [6.45, 7) is 5.20. The molecule has 1 aromatic carbocycles. The van der Waals surface area contributed by atoms with Gasteiger partial charge >= 0.3 is 5.97 Å². The first-order chi connectivity index (χ1) is 13.2. The van der Waals surface area contributed by atoms with Crippen molar-refractivity contribution >= 4 is 11.8 Å². The molecule has 0 unspecified atom stereocenters. The van der Waals surface area contributed by atoms with Crippen molar-refractivity contribution in [3.63, 3.8) is 0 Å². The maximum atomic E-state index is 13.1. The van der Waals surface area contributed by atoms with Gasteiger partial charge in [0.15, 0.2) is 23.0 Å². The van der Waals surface area contributed by atoms with E-state index >= 15 is 0 Å². The number of methoxy groups -OCH3 is 1. The Morgan fingerprint density at radius 2 is 1.79 bits per heavy atom. The van der Waals surface area contributed by atoms with Crippen molar-refractivity contribution in [3.8, 4) is 11.5 Å². The third kappa shape index (κ3) is 5.06. The van der Waals surface area contributed by atoms with E-state index in [4.69, 9.17) is 9.47 Å². The normalized spacial score (nSPS) is 14.0. The standard InChI is InChI=1S/C21H24FNO5/c1-12(11-17(24)19-20(25)18(27-4)9-10-23-19)21(26)28-14(3)13(2)15-5-7-16(22)8-6-15/h5-10,12-14,25H,11H2,1-4H3/t12-,13-,14+/m1/s1. The number of aromatic hydroxyl groups is 1. The number of ketones is 1. The van der Waals surface area contributed by atoms with Crippen molar-refractivity contribution in [3.05, 3.63) is 53.6 Å². The van der Waals surface area contributed by atoms with E-state index in [2.05, 4.69) is 4.98 Å². The van der Waals surface area contributed by atoms with Crippen LogP contribution in [0.25, 0.3) is 0 Å². The highest BCUT2D eigenvalue weighted by atomic mass is 19.1. The molecule has 2 aromatic rings. The lowest BCUT2D eigenvalue weighted by atomic mass is 9.96. The first-order valence-corrected chi connectivity index (χ1v) is 8.95. The number of aromatic nitrogens is 1. The van der Waals surface area contributed by atoms with Crippen molar-refractivity contribution < 1.29 is 28.6 Å². The summed E-state index contributed by atoms with van der Waals surface area (Å²) in [5, 5.41) is 10.0. The van der Waals surface area contributed by atoms with E-state index in [1.54, 1.807) is 26.0 Å². The Morgan fingerprint density at radius 1 is 1.14 bits per heavy atom. The molecule has 0 spiro atoms. The molecule has 0 bridgehead atoms. The third-order valence-corrected chi connectivity index (χ3v) is 4.67. The molecule has 0 radical (unpaired) electrons. The van der Waals surface area contributed by atoms with Crippen LogP contribution in [-0.4, -0.2) is 35.1 Å². The minimum Gasteiger partial charge on any atom is -0.503 e. The largest absolute Gasteiger partial charge is 0.503 e. The van der Waals surface area contributed by atoms with E-state index < -0.39 is 23.8 Å². The average Bonchev–Trinajstić information content (AvgIpc) is 2.67. The number of Topliss-reactive ketones (excluding diaryl/α,β-unsaturated/α-hetero) is 1. The number of esters is 1. The van der Waals surface area contributed by atoms with Gasteiger partial charge in [-0.2, -0.15) is 0 Å². The molecule has 1 heterocycles. The number of nitrogens with zero attached hydrogens (tertiary/aromatic N) is 1. The van der Waals surface area contributed by atoms with E-state index in [-0.39, 0.29) is 35.3 Å². The van der Waals surface area contributed by atoms with Crippen LogP contribution in [0.1, 0.15) is 49.2 Å². The van der Waals surface area contributed by atoms with Gasteiger partial charge in [-0.05, 0) is 24.6 Å². The molecule has 0 saturated heterocycles. The summed E-state index contributed by atoms with van der Waals surface area (Å²) in [6.07, 6.45) is 0.727. The second kappa shape index (κ2) is 9.30. The number of rotatable bonds is 8. The Morgan fingerprint density at radius 3 is 2.39 bits per heavy atom. The predicted molar refractivity (Wildman–Crippen MR) is 101 cm³/mol. The van der Waals surface area contributed by atoms with Gasteiger partial charge in [0.2, 0.25) is 0 Å². The number of pyridine rings is 1. The molecular formula is C21H24FNO5. The summed E-state index contributed by atoms with van der Waals surface area (Å²) in [5.41, 5.74) is 0.697. The van der Waals surface area contributed by atoms with Crippen molar-refractivity contribution in [2.24, 2.45) is 5.92 Å². The number of carbonyl (C=O) groups is 2. The van der Waals surface area contributed by atoms with Crippen molar-refractivity contribution in [1.82, 2.24) is 4.98 Å². The van der Waals surface area contributed by atoms with E-state index in [0.717, 1.165) is 5.56 Å². The molecule has 0 aliphatic rings. The smallest absolute Gasteiger partial charge is 0.309 e. The topological polar surface area (TPSA) is 85.7 Å². The number of benzene rings is 1. The van der Waals surface area contributed by atoms with E-state index in [1.165, 1.54) is 31.5 Å². The SMILES string of the molecule is COc1ccnc(C(=O)C[C@@H](C)C(=O)O[C@@H](C)[C@@H](C)c2ccc(F)cc2)c1O. The lowest BCUT2D eigenvalue weighted by molar-refractivity contribution is -0.153. The van der Waals surface area contributed by atoms with Crippen LogP contribution < -0.4 is 4.74 Å². The summed E-state index contributed by atoms with van der Waals surface area (Å²) < 4.78 is 23.5. The lowest BCUT2D eigenvalue weighted by Crippen LogP contribution is -2.26. The van der Waals surface area contributed by atoms with Crippen LogP contribution in [0.15, 0.2) is 36.5 Å².